The van der Waals surface area contributed by atoms with Crippen LogP contribution in [0.1, 0.15) is 39.4 Å². The van der Waals surface area contributed by atoms with Crippen molar-refractivity contribution < 1.29 is 4.79 Å². The van der Waals surface area contributed by atoms with Crippen LogP contribution in [-0.2, 0) is 11.3 Å². The summed E-state index contributed by atoms with van der Waals surface area (Å²) in [6.45, 7) is 11.8. The molecule has 7 nitrogen and oxygen atoms in total. The van der Waals surface area contributed by atoms with Crippen LogP contribution in [0.5, 0.6) is 0 Å². The molecule has 1 amide bonds. The SMILES string of the molecule is CCN(CC)C(=O)C(C)n1c(N)nc2c(C)nn(CC)c21. The monoisotopic (exact) mass is 292 g/mol. The summed E-state index contributed by atoms with van der Waals surface area (Å²) in [6, 6.07) is -0.392. The van der Waals surface area contributed by atoms with Gasteiger partial charge in [0.25, 0.3) is 0 Å². The first-order chi connectivity index (χ1) is 9.96. The normalized spacial score (nSPS) is 12.8. The number of hydrogen-bond donors (Lipinski definition) is 1. The minimum absolute atomic E-state index is 0.0486. The lowest BCUT2D eigenvalue weighted by Gasteiger charge is -2.24. The Bertz CT molecular complexity index is 652. The summed E-state index contributed by atoms with van der Waals surface area (Å²) in [5, 5.41) is 4.45. The van der Waals surface area contributed by atoms with Crippen LogP contribution in [0.15, 0.2) is 0 Å². The van der Waals surface area contributed by atoms with Crippen molar-refractivity contribution in [2.75, 3.05) is 18.8 Å². The van der Waals surface area contributed by atoms with Crippen LogP contribution in [0.4, 0.5) is 5.95 Å². The number of aromatic nitrogens is 4. The van der Waals surface area contributed by atoms with Gasteiger partial charge in [-0.15, -0.1) is 0 Å². The van der Waals surface area contributed by atoms with Gasteiger partial charge in [-0.05, 0) is 34.6 Å². The van der Waals surface area contributed by atoms with E-state index in [1.165, 1.54) is 0 Å². The molecule has 7 heteroatoms. The molecule has 2 N–H and O–H groups in total. The third-order valence-electron chi connectivity index (χ3n) is 3.89. The van der Waals surface area contributed by atoms with E-state index in [1.807, 2.05) is 39.3 Å². The van der Waals surface area contributed by atoms with Gasteiger partial charge in [-0.2, -0.15) is 5.10 Å². The minimum atomic E-state index is -0.392. The number of nitrogens with zero attached hydrogens (tertiary/aromatic N) is 5. The molecule has 0 aliphatic rings. The lowest BCUT2D eigenvalue weighted by Crippen LogP contribution is -2.36. The molecular formula is C14H24N6O. The molecule has 1 atom stereocenters. The highest BCUT2D eigenvalue weighted by Crippen LogP contribution is 2.26. The van der Waals surface area contributed by atoms with Crippen molar-refractivity contribution in [2.24, 2.45) is 0 Å². The van der Waals surface area contributed by atoms with Crippen molar-refractivity contribution in [3.05, 3.63) is 5.69 Å². The van der Waals surface area contributed by atoms with Gasteiger partial charge in [0.1, 0.15) is 11.6 Å². The molecular weight excluding hydrogens is 268 g/mol. The van der Waals surface area contributed by atoms with E-state index < -0.39 is 6.04 Å². The van der Waals surface area contributed by atoms with Crippen LogP contribution in [0.25, 0.3) is 11.2 Å². The molecule has 2 aromatic heterocycles. The maximum Gasteiger partial charge on any atom is 0.245 e. The van der Waals surface area contributed by atoms with Crippen LogP contribution in [0, 0.1) is 6.92 Å². The molecule has 0 aliphatic heterocycles. The Hall–Kier alpha value is -2.05. The molecule has 2 heterocycles. The van der Waals surface area contributed by atoms with Crippen molar-refractivity contribution in [3.8, 4) is 0 Å². The van der Waals surface area contributed by atoms with Gasteiger partial charge < -0.3 is 10.6 Å². The van der Waals surface area contributed by atoms with E-state index in [0.29, 0.717) is 25.6 Å². The van der Waals surface area contributed by atoms with Crippen molar-refractivity contribution in [2.45, 2.75) is 47.2 Å². The van der Waals surface area contributed by atoms with E-state index in [2.05, 4.69) is 10.1 Å². The largest absolute Gasteiger partial charge is 0.369 e. The van der Waals surface area contributed by atoms with Gasteiger partial charge >= 0.3 is 0 Å². The van der Waals surface area contributed by atoms with E-state index in [1.54, 1.807) is 9.47 Å². The summed E-state index contributed by atoms with van der Waals surface area (Å²) in [7, 11) is 0. The van der Waals surface area contributed by atoms with Crippen molar-refractivity contribution in [1.82, 2.24) is 24.2 Å². The van der Waals surface area contributed by atoms with Gasteiger partial charge in [0.2, 0.25) is 11.9 Å². The Balaban J connectivity index is 2.55. The van der Waals surface area contributed by atoms with Crippen LogP contribution in [-0.4, -0.2) is 43.2 Å². The fourth-order valence-corrected chi connectivity index (χ4v) is 2.72. The minimum Gasteiger partial charge on any atom is -0.369 e. The topological polar surface area (TPSA) is 82.0 Å². The Morgan fingerprint density at radius 3 is 2.48 bits per heavy atom. The van der Waals surface area contributed by atoms with Gasteiger partial charge in [0.05, 0.1) is 5.69 Å². The van der Waals surface area contributed by atoms with Crippen LogP contribution in [0.3, 0.4) is 0 Å². The van der Waals surface area contributed by atoms with Gasteiger partial charge in [-0.25, -0.2) is 9.67 Å². The number of carbonyl (C=O) groups excluding carboxylic acids is 1. The van der Waals surface area contributed by atoms with Crippen LogP contribution < -0.4 is 5.73 Å². The molecule has 0 fully saturated rings. The molecule has 2 aromatic rings. The molecule has 0 saturated heterocycles. The third kappa shape index (κ3) is 2.36. The van der Waals surface area contributed by atoms with Crippen molar-refractivity contribution in [3.63, 3.8) is 0 Å². The molecule has 1 unspecified atom stereocenters. The molecule has 116 valence electrons. The van der Waals surface area contributed by atoms with Crippen LogP contribution >= 0.6 is 0 Å². The smallest absolute Gasteiger partial charge is 0.245 e. The number of nitrogen functional groups attached to an aromatic ring is 1. The summed E-state index contributed by atoms with van der Waals surface area (Å²) in [4.78, 5) is 18.8. The Labute approximate surface area is 124 Å². The number of carbonyl (C=O) groups is 1. The Morgan fingerprint density at radius 1 is 1.33 bits per heavy atom. The van der Waals surface area contributed by atoms with Gasteiger partial charge in [0.15, 0.2) is 5.65 Å². The first-order valence-electron chi connectivity index (χ1n) is 7.45. The maximum atomic E-state index is 12.6. The number of aryl methyl sites for hydroxylation is 2. The quantitative estimate of drug-likeness (QED) is 0.907. The predicted octanol–water partition coefficient (Wildman–Crippen LogP) is 1.57. The number of anilines is 1. The molecule has 0 saturated carbocycles. The predicted molar refractivity (Wildman–Crippen MR) is 83.0 cm³/mol. The van der Waals surface area contributed by atoms with Gasteiger partial charge in [0, 0.05) is 19.6 Å². The zero-order valence-electron chi connectivity index (χ0n) is 13.4. The molecule has 0 aromatic carbocycles. The third-order valence-corrected chi connectivity index (χ3v) is 3.89. The molecule has 0 spiro atoms. The molecule has 2 rings (SSSR count). The van der Waals surface area contributed by atoms with E-state index >= 15 is 0 Å². The lowest BCUT2D eigenvalue weighted by molar-refractivity contribution is -0.133. The molecule has 0 radical (unpaired) electrons. The number of hydrogen-bond acceptors (Lipinski definition) is 4. The first-order valence-corrected chi connectivity index (χ1v) is 7.45. The second-order valence-electron chi connectivity index (χ2n) is 5.10. The summed E-state index contributed by atoms with van der Waals surface area (Å²) >= 11 is 0. The second kappa shape index (κ2) is 5.75. The van der Waals surface area contributed by atoms with E-state index in [4.69, 9.17) is 5.73 Å². The molecule has 21 heavy (non-hydrogen) atoms. The first kappa shape index (κ1) is 15.3. The number of fused-ring (bicyclic) bond motifs is 1. The average Bonchev–Trinajstić information content (AvgIpc) is 2.96. The highest BCUT2D eigenvalue weighted by atomic mass is 16.2. The fraction of sp³-hybridized carbons (Fsp3) is 0.643. The molecule has 0 bridgehead atoms. The van der Waals surface area contributed by atoms with Crippen molar-refractivity contribution in [1.29, 1.82) is 0 Å². The lowest BCUT2D eigenvalue weighted by atomic mass is 10.2. The summed E-state index contributed by atoms with van der Waals surface area (Å²) in [5.74, 6) is 0.410. The highest BCUT2D eigenvalue weighted by molar-refractivity contribution is 5.85. The number of nitrogens with two attached hydrogens (primary N) is 1. The van der Waals surface area contributed by atoms with Gasteiger partial charge in [-0.3, -0.25) is 9.36 Å². The summed E-state index contributed by atoms with van der Waals surface area (Å²) < 4.78 is 3.64. The van der Waals surface area contributed by atoms with Crippen LogP contribution in [0.2, 0.25) is 0 Å². The summed E-state index contributed by atoms with van der Waals surface area (Å²) in [6.07, 6.45) is 0. The van der Waals surface area contributed by atoms with Crippen molar-refractivity contribution >= 4 is 23.0 Å². The van der Waals surface area contributed by atoms with E-state index in [-0.39, 0.29) is 5.91 Å². The molecule has 0 aliphatic carbocycles. The van der Waals surface area contributed by atoms with E-state index in [0.717, 1.165) is 16.9 Å². The summed E-state index contributed by atoms with van der Waals surface area (Å²) in [5.41, 5.74) is 8.48. The Morgan fingerprint density at radius 2 is 1.95 bits per heavy atom. The standard InChI is InChI=1S/C14H24N6O/c1-6-18(7-2)13(21)10(5)20-12-11(16-14(20)15)9(4)17-19(12)8-3/h10H,6-8H2,1-5H3,(H2,15,16). The zero-order chi connectivity index (χ0) is 15.7. The number of amides is 1. The Kier molecular flexibility index (Phi) is 4.20. The fourth-order valence-electron chi connectivity index (χ4n) is 2.72. The average molecular weight is 292 g/mol. The number of rotatable bonds is 5. The second-order valence-corrected chi connectivity index (χ2v) is 5.10. The number of imidazole rings is 1. The van der Waals surface area contributed by atoms with E-state index in [9.17, 15) is 4.79 Å². The highest BCUT2D eigenvalue weighted by Gasteiger charge is 2.26. The zero-order valence-corrected chi connectivity index (χ0v) is 13.4. The maximum absolute atomic E-state index is 12.6. The van der Waals surface area contributed by atoms with Gasteiger partial charge in [-0.1, -0.05) is 0 Å². The number of likely N-dealkylation sites (N-methyl/N-ethyl adjacent to an activating group) is 1.